The molecule has 0 aliphatic carbocycles. The maximum absolute atomic E-state index is 13.1. The van der Waals surface area contributed by atoms with Crippen molar-refractivity contribution >= 4 is 11.7 Å². The van der Waals surface area contributed by atoms with Gasteiger partial charge in [-0.25, -0.2) is 4.98 Å². The standard InChI is InChI=1S/C28H25N3O4/c1-34-23-16-20(12-13-22(23)35-15-14-18-8-4-2-5-9-18)21-17-24(32)29-27-25(21)28(33)31-26(30-27)19-10-6-3-7-11-19/h2-13,16,21H,14-15,17H2,1H3,(H2,29,30,31,32,33)/t21-/m0/s1. The lowest BCUT2D eigenvalue weighted by atomic mass is 9.86. The van der Waals surface area contributed by atoms with E-state index in [4.69, 9.17) is 9.47 Å². The molecular formula is C28H25N3O4. The van der Waals surface area contributed by atoms with Crippen LogP contribution in [0, 0.1) is 0 Å². The molecule has 5 rings (SSSR count). The van der Waals surface area contributed by atoms with Gasteiger partial charge in [0.1, 0.15) is 11.6 Å². The Morgan fingerprint density at radius 3 is 2.43 bits per heavy atom. The van der Waals surface area contributed by atoms with Crippen LogP contribution in [0.25, 0.3) is 11.4 Å². The molecule has 4 aromatic rings. The number of carbonyl (C=O) groups excluding carboxylic acids is 1. The summed E-state index contributed by atoms with van der Waals surface area (Å²) in [6.45, 7) is 0.500. The van der Waals surface area contributed by atoms with Crippen LogP contribution < -0.4 is 20.3 Å². The van der Waals surface area contributed by atoms with Crippen molar-refractivity contribution in [1.82, 2.24) is 9.97 Å². The first-order chi connectivity index (χ1) is 17.1. The monoisotopic (exact) mass is 467 g/mol. The Hall–Kier alpha value is -4.39. The number of fused-ring (bicyclic) bond motifs is 1. The Bertz CT molecular complexity index is 1400. The smallest absolute Gasteiger partial charge is 0.257 e. The Balaban J connectivity index is 1.43. The molecule has 0 saturated carbocycles. The molecule has 0 spiro atoms. The lowest BCUT2D eigenvalue weighted by Gasteiger charge is -2.25. The van der Waals surface area contributed by atoms with Crippen molar-refractivity contribution in [2.75, 3.05) is 19.0 Å². The molecule has 2 heterocycles. The van der Waals surface area contributed by atoms with E-state index in [-0.39, 0.29) is 23.7 Å². The van der Waals surface area contributed by atoms with Gasteiger partial charge in [-0.2, -0.15) is 0 Å². The molecule has 1 aromatic heterocycles. The second-order valence-corrected chi connectivity index (χ2v) is 8.34. The van der Waals surface area contributed by atoms with E-state index in [0.717, 1.165) is 17.5 Å². The second kappa shape index (κ2) is 9.85. The summed E-state index contributed by atoms with van der Waals surface area (Å²) >= 11 is 0. The van der Waals surface area contributed by atoms with Crippen molar-refractivity contribution in [2.24, 2.45) is 0 Å². The van der Waals surface area contributed by atoms with Gasteiger partial charge >= 0.3 is 0 Å². The fraction of sp³-hybridized carbons (Fsp3) is 0.179. The summed E-state index contributed by atoms with van der Waals surface area (Å²) in [5, 5.41) is 2.77. The predicted molar refractivity (Wildman–Crippen MR) is 134 cm³/mol. The van der Waals surface area contributed by atoms with Gasteiger partial charge in [-0.3, -0.25) is 9.59 Å². The number of aromatic amines is 1. The molecular weight excluding hydrogens is 442 g/mol. The summed E-state index contributed by atoms with van der Waals surface area (Å²) in [7, 11) is 1.57. The molecule has 176 valence electrons. The largest absolute Gasteiger partial charge is 0.493 e. The number of carbonyl (C=O) groups is 1. The van der Waals surface area contributed by atoms with Crippen LogP contribution in [0.1, 0.15) is 29.0 Å². The topological polar surface area (TPSA) is 93.3 Å². The van der Waals surface area contributed by atoms with Crippen LogP contribution in [0.15, 0.2) is 83.7 Å². The number of aromatic nitrogens is 2. The number of nitrogens with zero attached hydrogens (tertiary/aromatic N) is 1. The molecule has 7 heteroatoms. The van der Waals surface area contributed by atoms with Gasteiger partial charge in [-0.05, 0) is 23.3 Å². The third kappa shape index (κ3) is 4.80. The summed E-state index contributed by atoms with van der Waals surface area (Å²) in [6.07, 6.45) is 0.909. The van der Waals surface area contributed by atoms with Gasteiger partial charge in [0, 0.05) is 24.3 Å². The summed E-state index contributed by atoms with van der Waals surface area (Å²) in [4.78, 5) is 33.1. The van der Waals surface area contributed by atoms with E-state index in [1.807, 2.05) is 66.7 Å². The van der Waals surface area contributed by atoms with Crippen LogP contribution in [-0.2, 0) is 11.2 Å². The summed E-state index contributed by atoms with van der Waals surface area (Å²) < 4.78 is 11.5. The SMILES string of the molecule is COc1cc([C@@H]2CC(=O)Nc3nc(-c4ccccc4)[nH]c(=O)c32)ccc1OCCc1ccccc1. The molecule has 0 fully saturated rings. The zero-order valence-corrected chi connectivity index (χ0v) is 19.3. The molecule has 0 saturated heterocycles. The molecule has 0 bridgehead atoms. The van der Waals surface area contributed by atoms with Crippen molar-refractivity contribution in [1.29, 1.82) is 0 Å². The number of rotatable bonds is 7. The van der Waals surface area contributed by atoms with E-state index < -0.39 is 5.92 Å². The van der Waals surface area contributed by atoms with Crippen LogP contribution in [0.3, 0.4) is 0 Å². The van der Waals surface area contributed by atoms with E-state index in [2.05, 4.69) is 27.4 Å². The zero-order valence-electron chi connectivity index (χ0n) is 19.3. The first-order valence-corrected chi connectivity index (χ1v) is 11.5. The van der Waals surface area contributed by atoms with Crippen LogP contribution in [0.2, 0.25) is 0 Å². The first-order valence-electron chi connectivity index (χ1n) is 11.5. The average molecular weight is 468 g/mol. The van der Waals surface area contributed by atoms with Crippen molar-refractivity contribution in [3.8, 4) is 22.9 Å². The molecule has 1 amide bonds. The zero-order chi connectivity index (χ0) is 24.2. The molecule has 1 aliphatic rings. The minimum Gasteiger partial charge on any atom is -0.493 e. The Kier molecular flexibility index (Phi) is 6.30. The van der Waals surface area contributed by atoms with E-state index in [9.17, 15) is 9.59 Å². The van der Waals surface area contributed by atoms with Crippen LogP contribution in [0.5, 0.6) is 11.5 Å². The van der Waals surface area contributed by atoms with E-state index in [0.29, 0.717) is 29.5 Å². The Morgan fingerprint density at radius 2 is 1.69 bits per heavy atom. The molecule has 2 N–H and O–H groups in total. The lowest BCUT2D eigenvalue weighted by Crippen LogP contribution is -2.31. The normalized spacial score (nSPS) is 14.7. The number of hydrogen-bond donors (Lipinski definition) is 2. The van der Waals surface area contributed by atoms with Crippen LogP contribution in [0.4, 0.5) is 5.82 Å². The van der Waals surface area contributed by atoms with Crippen molar-refractivity contribution in [3.63, 3.8) is 0 Å². The molecule has 3 aromatic carbocycles. The van der Waals surface area contributed by atoms with Crippen LogP contribution >= 0.6 is 0 Å². The Morgan fingerprint density at radius 1 is 0.943 bits per heavy atom. The van der Waals surface area contributed by atoms with Gasteiger partial charge in [-0.15, -0.1) is 0 Å². The minimum absolute atomic E-state index is 0.139. The van der Waals surface area contributed by atoms with Gasteiger partial charge in [0.05, 0.1) is 19.3 Å². The summed E-state index contributed by atoms with van der Waals surface area (Å²) in [5.74, 6) is 1.22. The number of anilines is 1. The number of nitrogens with one attached hydrogen (secondary N) is 2. The fourth-order valence-electron chi connectivity index (χ4n) is 4.33. The first kappa shape index (κ1) is 22.4. The minimum atomic E-state index is -0.452. The van der Waals surface area contributed by atoms with Gasteiger partial charge in [0.15, 0.2) is 11.5 Å². The number of ether oxygens (including phenoxy) is 2. The Labute approximate surface area is 202 Å². The molecule has 7 nitrogen and oxygen atoms in total. The third-order valence-electron chi connectivity index (χ3n) is 6.08. The van der Waals surface area contributed by atoms with E-state index in [1.54, 1.807) is 7.11 Å². The predicted octanol–water partition coefficient (Wildman–Crippen LogP) is 4.54. The van der Waals surface area contributed by atoms with Crippen molar-refractivity contribution in [2.45, 2.75) is 18.8 Å². The quantitative estimate of drug-likeness (QED) is 0.416. The van der Waals surface area contributed by atoms with Gasteiger partial charge in [0.25, 0.3) is 5.56 Å². The molecule has 1 aliphatic heterocycles. The average Bonchev–Trinajstić information content (AvgIpc) is 2.89. The maximum Gasteiger partial charge on any atom is 0.257 e. The summed E-state index contributed by atoms with van der Waals surface area (Å²) in [5.41, 5.74) is 2.90. The highest BCUT2D eigenvalue weighted by molar-refractivity contribution is 5.94. The third-order valence-corrected chi connectivity index (χ3v) is 6.08. The highest BCUT2D eigenvalue weighted by Gasteiger charge is 2.31. The molecule has 0 radical (unpaired) electrons. The van der Waals surface area contributed by atoms with Gasteiger partial charge in [0.2, 0.25) is 5.91 Å². The number of hydrogen-bond acceptors (Lipinski definition) is 5. The van der Waals surface area contributed by atoms with Crippen molar-refractivity contribution < 1.29 is 14.3 Å². The number of amides is 1. The molecule has 1 atom stereocenters. The van der Waals surface area contributed by atoms with Gasteiger partial charge in [-0.1, -0.05) is 66.7 Å². The fourth-order valence-corrected chi connectivity index (χ4v) is 4.33. The van der Waals surface area contributed by atoms with Gasteiger partial charge < -0.3 is 19.8 Å². The highest BCUT2D eigenvalue weighted by Crippen LogP contribution is 2.38. The number of H-pyrrole nitrogens is 1. The highest BCUT2D eigenvalue weighted by atomic mass is 16.5. The number of methoxy groups -OCH3 is 1. The van der Waals surface area contributed by atoms with E-state index in [1.165, 1.54) is 5.56 Å². The van der Waals surface area contributed by atoms with E-state index >= 15 is 0 Å². The molecule has 35 heavy (non-hydrogen) atoms. The molecule has 0 unspecified atom stereocenters. The van der Waals surface area contributed by atoms with Crippen molar-refractivity contribution in [3.05, 3.63) is 106 Å². The second-order valence-electron chi connectivity index (χ2n) is 8.34. The summed E-state index contributed by atoms with van der Waals surface area (Å²) in [6, 6.07) is 25.0. The van der Waals surface area contributed by atoms with Crippen LogP contribution in [-0.4, -0.2) is 29.6 Å². The maximum atomic E-state index is 13.1. The lowest BCUT2D eigenvalue weighted by molar-refractivity contribution is -0.116. The number of benzene rings is 3.